The van der Waals surface area contributed by atoms with Gasteiger partial charge in [0.2, 0.25) is 0 Å². The number of rotatable bonds is 3. The maximum atomic E-state index is 12.1. The molecular formula is C25H19N3O2. The zero-order valence-electron chi connectivity index (χ0n) is 16.2. The van der Waals surface area contributed by atoms with Crippen LogP contribution >= 0.6 is 0 Å². The molecule has 0 atom stereocenters. The van der Waals surface area contributed by atoms with Gasteiger partial charge in [-0.1, -0.05) is 60.4 Å². The van der Waals surface area contributed by atoms with E-state index in [-0.39, 0.29) is 19.1 Å². The molecule has 3 N–H and O–H groups in total. The Morgan fingerprint density at radius 1 is 1.00 bits per heavy atom. The van der Waals surface area contributed by atoms with Gasteiger partial charge in [-0.2, -0.15) is 5.26 Å². The van der Waals surface area contributed by atoms with E-state index < -0.39 is 6.09 Å². The van der Waals surface area contributed by atoms with E-state index in [2.05, 4.69) is 47.5 Å². The fourth-order valence-corrected chi connectivity index (χ4v) is 3.67. The van der Waals surface area contributed by atoms with E-state index in [9.17, 15) is 4.79 Å². The lowest BCUT2D eigenvalue weighted by Crippen LogP contribution is -2.26. The average Bonchev–Trinajstić information content (AvgIpc) is 3.10. The summed E-state index contributed by atoms with van der Waals surface area (Å²) < 4.78 is 5.47. The minimum Gasteiger partial charge on any atom is -0.449 e. The lowest BCUT2D eigenvalue weighted by molar-refractivity contribution is 0.144. The Kier molecular flexibility index (Phi) is 5.37. The van der Waals surface area contributed by atoms with E-state index in [0.29, 0.717) is 16.8 Å². The fourth-order valence-electron chi connectivity index (χ4n) is 3.67. The molecule has 0 heterocycles. The predicted molar refractivity (Wildman–Crippen MR) is 116 cm³/mol. The Hall–Kier alpha value is -4.22. The van der Waals surface area contributed by atoms with Crippen LogP contribution in [0.4, 0.5) is 10.5 Å². The van der Waals surface area contributed by atoms with Crippen molar-refractivity contribution in [2.75, 3.05) is 18.9 Å². The molecule has 3 aromatic carbocycles. The van der Waals surface area contributed by atoms with Crippen molar-refractivity contribution >= 4 is 11.8 Å². The molecule has 0 radical (unpaired) electrons. The van der Waals surface area contributed by atoms with Gasteiger partial charge in [-0.15, -0.1) is 0 Å². The van der Waals surface area contributed by atoms with Crippen LogP contribution in [0.1, 0.15) is 28.2 Å². The SMILES string of the molecule is N#Cc1cc(N)ccc1C#CCNC(=O)OCC1c2ccccc2-c2ccccc21. The molecule has 1 amide bonds. The third-order valence-corrected chi connectivity index (χ3v) is 5.05. The lowest BCUT2D eigenvalue weighted by Gasteiger charge is -2.14. The Labute approximate surface area is 175 Å². The van der Waals surface area contributed by atoms with Crippen LogP contribution in [0.25, 0.3) is 11.1 Å². The summed E-state index contributed by atoms with van der Waals surface area (Å²) in [6.45, 7) is 0.371. The maximum Gasteiger partial charge on any atom is 0.407 e. The van der Waals surface area contributed by atoms with Gasteiger partial charge in [0.15, 0.2) is 0 Å². The first-order chi connectivity index (χ1) is 14.7. The van der Waals surface area contributed by atoms with Gasteiger partial charge in [0, 0.05) is 17.2 Å². The van der Waals surface area contributed by atoms with Crippen molar-refractivity contribution < 1.29 is 9.53 Å². The second-order valence-corrected chi connectivity index (χ2v) is 6.90. The lowest BCUT2D eigenvalue weighted by atomic mass is 9.98. The van der Waals surface area contributed by atoms with Gasteiger partial charge in [0.05, 0.1) is 12.1 Å². The van der Waals surface area contributed by atoms with E-state index in [1.807, 2.05) is 24.3 Å². The quantitative estimate of drug-likeness (QED) is 0.519. The molecule has 0 aliphatic heterocycles. The molecule has 0 unspecified atom stereocenters. The molecule has 0 aromatic heterocycles. The third-order valence-electron chi connectivity index (χ3n) is 5.05. The van der Waals surface area contributed by atoms with Crippen molar-refractivity contribution in [2.45, 2.75) is 5.92 Å². The molecule has 1 aliphatic rings. The van der Waals surface area contributed by atoms with Crippen molar-refractivity contribution in [1.29, 1.82) is 5.26 Å². The number of carbonyl (C=O) groups excluding carboxylic acids is 1. The first kappa shape index (κ1) is 19.1. The van der Waals surface area contributed by atoms with Crippen molar-refractivity contribution in [3.8, 4) is 29.0 Å². The predicted octanol–water partition coefficient (Wildman–Crippen LogP) is 4.03. The first-order valence-corrected chi connectivity index (χ1v) is 9.54. The number of hydrogen-bond acceptors (Lipinski definition) is 4. The molecule has 5 nitrogen and oxygen atoms in total. The van der Waals surface area contributed by atoms with E-state index >= 15 is 0 Å². The minimum absolute atomic E-state index is 0.0159. The van der Waals surface area contributed by atoms with Gasteiger partial charge in [-0.05, 0) is 40.5 Å². The van der Waals surface area contributed by atoms with Gasteiger partial charge < -0.3 is 15.8 Å². The number of nitrogens with two attached hydrogens (primary N) is 1. The molecule has 0 bridgehead atoms. The van der Waals surface area contributed by atoms with Gasteiger partial charge in [0.1, 0.15) is 12.7 Å². The largest absolute Gasteiger partial charge is 0.449 e. The number of nitrogen functional groups attached to an aromatic ring is 1. The van der Waals surface area contributed by atoms with Crippen molar-refractivity contribution in [1.82, 2.24) is 5.32 Å². The molecule has 146 valence electrons. The van der Waals surface area contributed by atoms with Crippen LogP contribution in [-0.4, -0.2) is 19.2 Å². The highest BCUT2D eigenvalue weighted by molar-refractivity contribution is 5.79. The number of carbonyl (C=O) groups is 1. The van der Waals surface area contributed by atoms with Crippen LogP contribution in [-0.2, 0) is 4.74 Å². The Morgan fingerprint density at radius 3 is 2.33 bits per heavy atom. The number of ether oxygens (including phenoxy) is 1. The Bertz CT molecular complexity index is 1170. The Morgan fingerprint density at radius 2 is 1.67 bits per heavy atom. The standard InChI is InChI=1S/C25H19N3O2/c26-15-18-14-19(27)12-11-17(18)6-5-13-28-25(29)30-16-24-22-9-3-1-7-20(22)21-8-2-4-10-23(21)24/h1-4,7-12,14,24H,13,16,27H2,(H,28,29). The number of nitriles is 1. The van der Waals surface area contributed by atoms with Gasteiger partial charge >= 0.3 is 6.09 Å². The molecule has 3 aromatic rings. The molecule has 1 aliphatic carbocycles. The Balaban J connectivity index is 1.36. The molecule has 0 fully saturated rings. The highest BCUT2D eigenvalue weighted by Gasteiger charge is 2.28. The van der Waals surface area contributed by atoms with Crippen LogP contribution < -0.4 is 11.1 Å². The van der Waals surface area contributed by atoms with Gasteiger partial charge in [-0.25, -0.2) is 4.79 Å². The van der Waals surface area contributed by atoms with E-state index in [1.165, 1.54) is 22.3 Å². The summed E-state index contributed by atoms with van der Waals surface area (Å²) in [5.74, 6) is 5.72. The number of nitrogens with zero attached hydrogens (tertiary/aromatic N) is 1. The molecule has 4 rings (SSSR count). The molecule has 30 heavy (non-hydrogen) atoms. The highest BCUT2D eigenvalue weighted by Crippen LogP contribution is 2.44. The third kappa shape index (κ3) is 3.83. The molecule has 0 saturated heterocycles. The van der Waals surface area contributed by atoms with Crippen LogP contribution in [0.2, 0.25) is 0 Å². The zero-order valence-corrected chi connectivity index (χ0v) is 16.2. The van der Waals surface area contributed by atoms with Gasteiger partial charge in [0.25, 0.3) is 0 Å². The van der Waals surface area contributed by atoms with Crippen molar-refractivity contribution in [3.63, 3.8) is 0 Å². The second-order valence-electron chi connectivity index (χ2n) is 6.90. The number of alkyl carbamates (subject to hydrolysis) is 1. The summed E-state index contributed by atoms with van der Waals surface area (Å²) in [5.41, 5.74) is 11.9. The average molecular weight is 393 g/mol. The van der Waals surface area contributed by atoms with E-state index in [4.69, 9.17) is 15.7 Å². The topological polar surface area (TPSA) is 88.1 Å². The molecule has 5 heteroatoms. The number of hydrogen-bond donors (Lipinski definition) is 2. The molecule has 0 saturated carbocycles. The van der Waals surface area contributed by atoms with Crippen molar-refractivity contribution in [3.05, 3.63) is 89.0 Å². The second kappa shape index (κ2) is 8.43. The summed E-state index contributed by atoms with van der Waals surface area (Å²) in [4.78, 5) is 12.1. The highest BCUT2D eigenvalue weighted by atomic mass is 16.5. The van der Waals surface area contributed by atoms with Crippen LogP contribution in [0.15, 0.2) is 66.7 Å². The van der Waals surface area contributed by atoms with Crippen LogP contribution in [0, 0.1) is 23.2 Å². The van der Waals surface area contributed by atoms with Crippen LogP contribution in [0.3, 0.4) is 0 Å². The normalized spacial score (nSPS) is 11.4. The molecular weight excluding hydrogens is 374 g/mol. The monoisotopic (exact) mass is 393 g/mol. The fraction of sp³-hybridized carbons (Fsp3) is 0.120. The smallest absolute Gasteiger partial charge is 0.407 e. The first-order valence-electron chi connectivity index (χ1n) is 9.54. The number of fused-ring (bicyclic) bond motifs is 3. The summed E-state index contributed by atoms with van der Waals surface area (Å²) in [7, 11) is 0. The number of anilines is 1. The molecule has 0 spiro atoms. The summed E-state index contributed by atoms with van der Waals surface area (Å²) in [6.07, 6.45) is -0.524. The van der Waals surface area contributed by atoms with Gasteiger partial charge in [-0.3, -0.25) is 0 Å². The number of benzene rings is 3. The van der Waals surface area contributed by atoms with E-state index in [0.717, 1.165) is 0 Å². The van der Waals surface area contributed by atoms with E-state index in [1.54, 1.807) is 18.2 Å². The number of nitrogens with one attached hydrogen (secondary N) is 1. The minimum atomic E-state index is -0.524. The number of amides is 1. The summed E-state index contributed by atoms with van der Waals surface area (Å²) >= 11 is 0. The van der Waals surface area contributed by atoms with Crippen molar-refractivity contribution in [2.24, 2.45) is 0 Å². The maximum absolute atomic E-state index is 12.1. The zero-order chi connectivity index (χ0) is 20.9. The summed E-state index contributed by atoms with van der Waals surface area (Å²) in [5, 5.41) is 11.8. The van der Waals surface area contributed by atoms with Crippen LogP contribution in [0.5, 0.6) is 0 Å². The summed E-state index contributed by atoms with van der Waals surface area (Å²) in [6, 6.07) is 23.4.